The molecule has 1 aromatic heterocycles. The molecule has 0 spiro atoms. The number of aromatic amines is 1. The smallest absolute Gasteiger partial charge is 0.255 e. The summed E-state index contributed by atoms with van der Waals surface area (Å²) in [6, 6.07) is 5.32. The average Bonchev–Trinajstić information content (AvgIpc) is 3.04. The highest BCUT2D eigenvalue weighted by atomic mass is 16.6. The van der Waals surface area contributed by atoms with Crippen molar-refractivity contribution in [1.82, 2.24) is 20.5 Å². The lowest BCUT2D eigenvalue weighted by molar-refractivity contribution is 0.0942. The Labute approximate surface area is 121 Å². The molecule has 0 radical (unpaired) electrons. The summed E-state index contributed by atoms with van der Waals surface area (Å²) in [5, 5.41) is 9.44. The number of amides is 1. The van der Waals surface area contributed by atoms with E-state index in [4.69, 9.17) is 9.47 Å². The predicted molar refractivity (Wildman–Crippen MR) is 74.5 cm³/mol. The number of ether oxygens (including phenoxy) is 2. The van der Waals surface area contributed by atoms with E-state index < -0.39 is 0 Å². The molecule has 0 unspecified atom stereocenters. The first-order valence-electron chi connectivity index (χ1n) is 6.85. The molecule has 3 rings (SSSR count). The van der Waals surface area contributed by atoms with Crippen LogP contribution in [0.5, 0.6) is 11.5 Å². The van der Waals surface area contributed by atoms with E-state index >= 15 is 0 Å². The van der Waals surface area contributed by atoms with Crippen molar-refractivity contribution in [1.29, 1.82) is 0 Å². The zero-order valence-corrected chi connectivity index (χ0v) is 11.5. The zero-order chi connectivity index (χ0) is 14.5. The number of hydrogen-bond donors (Lipinski definition) is 2. The molecule has 110 valence electrons. The molecule has 0 aliphatic carbocycles. The largest absolute Gasteiger partial charge is 0.486 e. The number of nitrogens with zero attached hydrogens (tertiary/aromatic N) is 2. The van der Waals surface area contributed by atoms with E-state index in [0.717, 1.165) is 18.7 Å². The monoisotopic (exact) mass is 288 g/mol. The van der Waals surface area contributed by atoms with Gasteiger partial charge in [-0.2, -0.15) is 5.10 Å². The van der Waals surface area contributed by atoms with Crippen molar-refractivity contribution >= 4 is 5.91 Å². The van der Waals surface area contributed by atoms with Crippen molar-refractivity contribution in [2.45, 2.75) is 12.8 Å². The van der Waals surface area contributed by atoms with Crippen molar-refractivity contribution in [3.63, 3.8) is 0 Å². The molecule has 0 atom stereocenters. The first-order valence-corrected chi connectivity index (χ1v) is 6.85. The summed E-state index contributed by atoms with van der Waals surface area (Å²) in [6.45, 7) is 1.53. The van der Waals surface area contributed by atoms with E-state index in [-0.39, 0.29) is 5.91 Å². The van der Waals surface area contributed by atoms with E-state index in [1.54, 1.807) is 18.2 Å². The second kappa shape index (κ2) is 6.25. The van der Waals surface area contributed by atoms with Gasteiger partial charge in [-0.25, -0.2) is 4.98 Å². The lowest BCUT2D eigenvalue weighted by Crippen LogP contribution is -2.27. The summed E-state index contributed by atoms with van der Waals surface area (Å²) in [6.07, 6.45) is 3.00. The summed E-state index contributed by atoms with van der Waals surface area (Å²) in [5.74, 6) is 1.81. The molecule has 1 aromatic carbocycles. The van der Waals surface area contributed by atoms with Gasteiger partial charge in [0, 0.05) is 13.0 Å². The maximum absolute atomic E-state index is 12.2. The number of H-pyrrole nitrogens is 1. The fraction of sp³-hybridized carbons (Fsp3) is 0.357. The van der Waals surface area contributed by atoms with Crippen LogP contribution in [0.1, 0.15) is 22.6 Å². The molecule has 0 saturated heterocycles. The van der Waals surface area contributed by atoms with Crippen LogP contribution in [0.25, 0.3) is 0 Å². The van der Waals surface area contributed by atoms with Gasteiger partial charge in [-0.15, -0.1) is 0 Å². The third kappa shape index (κ3) is 3.13. The Balaban J connectivity index is 1.56. The molecule has 1 amide bonds. The number of nitrogens with one attached hydrogen (secondary N) is 2. The minimum atomic E-state index is -0.157. The molecular formula is C14H16N4O3. The summed E-state index contributed by atoms with van der Waals surface area (Å²) in [5.41, 5.74) is 0.506. The summed E-state index contributed by atoms with van der Waals surface area (Å²) >= 11 is 0. The van der Waals surface area contributed by atoms with Gasteiger partial charge in [0.25, 0.3) is 5.91 Å². The topological polar surface area (TPSA) is 89.1 Å². The highest BCUT2D eigenvalue weighted by Gasteiger charge is 2.19. The lowest BCUT2D eigenvalue weighted by atomic mass is 10.1. The van der Waals surface area contributed by atoms with E-state index in [9.17, 15) is 4.79 Å². The average molecular weight is 288 g/mol. The van der Waals surface area contributed by atoms with Crippen LogP contribution < -0.4 is 14.8 Å². The molecule has 2 heterocycles. The third-order valence-electron chi connectivity index (χ3n) is 3.15. The second-order valence-corrected chi connectivity index (χ2v) is 4.62. The number of carbonyl (C=O) groups excluding carboxylic acids is 1. The normalized spacial score (nSPS) is 13.0. The molecule has 0 bridgehead atoms. The lowest BCUT2D eigenvalue weighted by Gasteiger charge is -2.20. The molecule has 1 aliphatic rings. The quantitative estimate of drug-likeness (QED) is 0.799. The van der Waals surface area contributed by atoms with Crippen molar-refractivity contribution in [3.05, 3.63) is 35.9 Å². The number of fused-ring (bicyclic) bond motifs is 1. The minimum Gasteiger partial charge on any atom is -0.486 e. The van der Waals surface area contributed by atoms with Gasteiger partial charge in [0.15, 0.2) is 11.5 Å². The molecule has 7 heteroatoms. The van der Waals surface area contributed by atoms with Crippen LogP contribution in [-0.4, -0.2) is 40.8 Å². The molecule has 2 N–H and O–H groups in total. The summed E-state index contributed by atoms with van der Waals surface area (Å²) in [7, 11) is 0. The van der Waals surface area contributed by atoms with Gasteiger partial charge in [0.05, 0.1) is 5.56 Å². The second-order valence-electron chi connectivity index (χ2n) is 4.62. The fourth-order valence-corrected chi connectivity index (χ4v) is 2.16. The SMILES string of the molecule is O=C(NCCCc1ncn[nH]1)c1cccc2c1OCCO2. The van der Waals surface area contributed by atoms with Crippen molar-refractivity contribution in [2.75, 3.05) is 19.8 Å². The number of hydrogen-bond acceptors (Lipinski definition) is 5. The van der Waals surface area contributed by atoms with Gasteiger partial charge in [-0.1, -0.05) is 6.07 Å². The van der Waals surface area contributed by atoms with Gasteiger partial charge in [0.2, 0.25) is 0 Å². The van der Waals surface area contributed by atoms with Crippen molar-refractivity contribution < 1.29 is 14.3 Å². The standard InChI is InChI=1S/C14H16N4O3/c19-14(15-6-2-5-12-16-9-17-18-12)10-3-1-4-11-13(10)21-8-7-20-11/h1,3-4,9H,2,5-8H2,(H,15,19)(H,16,17,18). The predicted octanol–water partition coefficient (Wildman–Crippen LogP) is 0.938. The maximum atomic E-state index is 12.2. The van der Waals surface area contributed by atoms with Gasteiger partial charge in [-0.05, 0) is 18.6 Å². The molecule has 1 aliphatic heterocycles. The van der Waals surface area contributed by atoms with E-state index in [2.05, 4.69) is 20.5 Å². The summed E-state index contributed by atoms with van der Waals surface area (Å²) in [4.78, 5) is 16.2. The van der Waals surface area contributed by atoms with Crippen LogP contribution in [0, 0.1) is 0 Å². The Morgan fingerprint density at radius 1 is 1.33 bits per heavy atom. The van der Waals surface area contributed by atoms with Crippen LogP contribution in [0.4, 0.5) is 0 Å². The fourth-order valence-electron chi connectivity index (χ4n) is 2.16. The van der Waals surface area contributed by atoms with E-state index in [1.165, 1.54) is 6.33 Å². The van der Waals surface area contributed by atoms with E-state index in [0.29, 0.717) is 36.8 Å². The number of aromatic nitrogens is 3. The van der Waals surface area contributed by atoms with Crippen LogP contribution >= 0.6 is 0 Å². The Hall–Kier alpha value is -2.57. The molecule has 0 saturated carbocycles. The van der Waals surface area contributed by atoms with Gasteiger partial charge in [-0.3, -0.25) is 9.89 Å². The van der Waals surface area contributed by atoms with Crippen molar-refractivity contribution in [3.8, 4) is 11.5 Å². The molecular weight excluding hydrogens is 272 g/mol. The molecule has 2 aromatic rings. The Morgan fingerprint density at radius 3 is 3.10 bits per heavy atom. The third-order valence-corrected chi connectivity index (χ3v) is 3.15. The highest BCUT2D eigenvalue weighted by molar-refractivity contribution is 5.97. The van der Waals surface area contributed by atoms with Gasteiger partial charge >= 0.3 is 0 Å². The van der Waals surface area contributed by atoms with Crippen molar-refractivity contribution in [2.24, 2.45) is 0 Å². The Bertz CT molecular complexity index is 613. The number of para-hydroxylation sites is 1. The highest BCUT2D eigenvalue weighted by Crippen LogP contribution is 2.33. The van der Waals surface area contributed by atoms with Gasteiger partial charge < -0.3 is 14.8 Å². The zero-order valence-electron chi connectivity index (χ0n) is 11.5. The Kier molecular flexibility index (Phi) is 3.99. The number of rotatable bonds is 5. The summed E-state index contributed by atoms with van der Waals surface area (Å²) < 4.78 is 11.0. The number of carbonyl (C=O) groups is 1. The van der Waals surface area contributed by atoms with Crippen LogP contribution in [0.3, 0.4) is 0 Å². The first-order chi connectivity index (χ1) is 10.3. The van der Waals surface area contributed by atoms with Crippen LogP contribution in [0.2, 0.25) is 0 Å². The molecule has 7 nitrogen and oxygen atoms in total. The first kappa shape index (κ1) is 13.4. The molecule has 0 fully saturated rings. The van der Waals surface area contributed by atoms with Gasteiger partial charge in [0.1, 0.15) is 25.4 Å². The minimum absolute atomic E-state index is 0.157. The number of benzene rings is 1. The Morgan fingerprint density at radius 2 is 2.24 bits per heavy atom. The van der Waals surface area contributed by atoms with Crippen LogP contribution in [-0.2, 0) is 6.42 Å². The maximum Gasteiger partial charge on any atom is 0.255 e. The number of aryl methyl sites for hydroxylation is 1. The van der Waals surface area contributed by atoms with Crippen LogP contribution in [0.15, 0.2) is 24.5 Å². The molecule has 21 heavy (non-hydrogen) atoms. The van der Waals surface area contributed by atoms with E-state index in [1.807, 2.05) is 0 Å².